The van der Waals surface area contributed by atoms with Crippen LogP contribution in [0.25, 0.3) is 0 Å². The lowest BCUT2D eigenvalue weighted by Gasteiger charge is -2.17. The summed E-state index contributed by atoms with van der Waals surface area (Å²) in [6.07, 6.45) is 0. The quantitative estimate of drug-likeness (QED) is 0.876. The number of sulfonamides is 1. The number of fused-ring (bicyclic) bond motifs is 1. The van der Waals surface area contributed by atoms with E-state index in [1.54, 1.807) is 43.5 Å². The molecule has 1 amide bonds. The standard InChI is InChI=1S/C16H15N3O4S/c1-23-12-6-4-5-11(9-12)10-17-16(20)15-18-13-7-2-3-8-14(13)24(21,22)19-15/h2-9H,10H2,1H3,(H,17,20)(H,18,19). The highest BCUT2D eigenvalue weighted by Crippen LogP contribution is 2.26. The number of para-hydroxylation sites is 1. The van der Waals surface area contributed by atoms with E-state index in [2.05, 4.69) is 15.0 Å². The minimum Gasteiger partial charge on any atom is -0.497 e. The summed E-state index contributed by atoms with van der Waals surface area (Å²) in [4.78, 5) is 12.3. The molecule has 1 aliphatic heterocycles. The Balaban J connectivity index is 1.75. The Morgan fingerprint density at radius 2 is 2.00 bits per heavy atom. The molecule has 24 heavy (non-hydrogen) atoms. The highest BCUT2D eigenvalue weighted by atomic mass is 32.2. The minimum atomic E-state index is -3.89. The van der Waals surface area contributed by atoms with Crippen molar-refractivity contribution in [2.24, 2.45) is 4.40 Å². The molecular weight excluding hydrogens is 330 g/mol. The molecule has 2 aromatic carbocycles. The van der Waals surface area contributed by atoms with Gasteiger partial charge in [-0.1, -0.05) is 24.3 Å². The Bertz CT molecular complexity index is 922. The van der Waals surface area contributed by atoms with E-state index in [0.717, 1.165) is 5.56 Å². The van der Waals surface area contributed by atoms with Crippen LogP contribution >= 0.6 is 0 Å². The third kappa shape index (κ3) is 3.23. The van der Waals surface area contributed by atoms with Crippen molar-refractivity contribution < 1.29 is 17.9 Å². The minimum absolute atomic E-state index is 0.0503. The molecule has 0 radical (unpaired) electrons. The molecule has 2 N–H and O–H groups in total. The van der Waals surface area contributed by atoms with E-state index < -0.39 is 15.9 Å². The van der Waals surface area contributed by atoms with Crippen molar-refractivity contribution in [3.8, 4) is 5.75 Å². The maximum Gasteiger partial charge on any atom is 0.288 e. The van der Waals surface area contributed by atoms with E-state index >= 15 is 0 Å². The van der Waals surface area contributed by atoms with Crippen molar-refractivity contribution in [1.82, 2.24) is 5.32 Å². The molecule has 1 aliphatic rings. The molecule has 0 spiro atoms. The fourth-order valence-electron chi connectivity index (χ4n) is 2.26. The molecular formula is C16H15N3O4S. The average Bonchev–Trinajstić information content (AvgIpc) is 2.59. The summed E-state index contributed by atoms with van der Waals surface area (Å²) in [6.45, 7) is 0.221. The summed E-state index contributed by atoms with van der Waals surface area (Å²) in [5, 5.41) is 5.38. The molecule has 0 saturated carbocycles. The molecule has 0 atom stereocenters. The molecule has 0 aliphatic carbocycles. The molecule has 0 unspecified atom stereocenters. The summed E-state index contributed by atoms with van der Waals surface area (Å²) < 4.78 is 32.9. The van der Waals surface area contributed by atoms with E-state index in [0.29, 0.717) is 11.4 Å². The molecule has 0 fully saturated rings. The van der Waals surface area contributed by atoms with Crippen LogP contribution in [0.4, 0.5) is 5.69 Å². The van der Waals surface area contributed by atoms with Gasteiger partial charge in [0.2, 0.25) is 5.84 Å². The number of amidine groups is 1. The smallest absolute Gasteiger partial charge is 0.288 e. The van der Waals surface area contributed by atoms with Gasteiger partial charge < -0.3 is 15.4 Å². The predicted octanol–water partition coefficient (Wildman–Crippen LogP) is 1.52. The van der Waals surface area contributed by atoms with Gasteiger partial charge in [-0.05, 0) is 29.8 Å². The number of ether oxygens (including phenoxy) is 1. The van der Waals surface area contributed by atoms with Gasteiger partial charge in [-0.25, -0.2) is 0 Å². The Kier molecular flexibility index (Phi) is 4.22. The lowest BCUT2D eigenvalue weighted by molar-refractivity contribution is -0.114. The second kappa shape index (κ2) is 6.32. The maximum atomic E-state index is 12.2. The van der Waals surface area contributed by atoms with Crippen molar-refractivity contribution in [2.45, 2.75) is 11.4 Å². The number of rotatable bonds is 4. The summed E-state index contributed by atoms with van der Waals surface area (Å²) in [7, 11) is -2.33. The van der Waals surface area contributed by atoms with Crippen LogP contribution in [0.5, 0.6) is 5.75 Å². The third-order valence-electron chi connectivity index (χ3n) is 3.43. The number of carbonyl (C=O) groups is 1. The van der Waals surface area contributed by atoms with Crippen molar-refractivity contribution in [1.29, 1.82) is 0 Å². The zero-order valence-corrected chi connectivity index (χ0v) is 13.6. The second-order valence-corrected chi connectivity index (χ2v) is 6.64. The maximum absolute atomic E-state index is 12.2. The molecule has 0 saturated heterocycles. The number of nitrogens with one attached hydrogen (secondary N) is 2. The van der Waals surface area contributed by atoms with E-state index in [4.69, 9.17) is 4.74 Å². The molecule has 0 aromatic heterocycles. The first-order valence-corrected chi connectivity index (χ1v) is 8.56. The van der Waals surface area contributed by atoms with Crippen LogP contribution in [0.1, 0.15) is 5.56 Å². The lowest BCUT2D eigenvalue weighted by atomic mass is 10.2. The van der Waals surface area contributed by atoms with Crippen LogP contribution in [0.15, 0.2) is 57.8 Å². The van der Waals surface area contributed by atoms with Crippen LogP contribution in [0, 0.1) is 0 Å². The Morgan fingerprint density at radius 3 is 2.79 bits per heavy atom. The molecule has 0 bridgehead atoms. The topological polar surface area (TPSA) is 96.9 Å². The molecule has 7 nitrogen and oxygen atoms in total. The van der Waals surface area contributed by atoms with Gasteiger partial charge in [-0.2, -0.15) is 8.42 Å². The number of amides is 1. The van der Waals surface area contributed by atoms with Crippen LogP contribution in [-0.2, 0) is 21.4 Å². The monoisotopic (exact) mass is 345 g/mol. The van der Waals surface area contributed by atoms with Crippen LogP contribution in [-0.4, -0.2) is 27.3 Å². The summed E-state index contributed by atoms with van der Waals surface area (Å²) in [5.41, 5.74) is 1.15. The van der Waals surface area contributed by atoms with Crippen molar-refractivity contribution in [3.63, 3.8) is 0 Å². The first-order chi connectivity index (χ1) is 11.5. The highest BCUT2D eigenvalue weighted by Gasteiger charge is 2.27. The zero-order chi connectivity index (χ0) is 17.2. The number of nitrogens with zero attached hydrogens (tertiary/aromatic N) is 1. The van der Waals surface area contributed by atoms with Crippen LogP contribution < -0.4 is 15.4 Å². The van der Waals surface area contributed by atoms with Gasteiger partial charge >= 0.3 is 0 Å². The van der Waals surface area contributed by atoms with Gasteiger partial charge in [0.1, 0.15) is 10.6 Å². The normalized spacial score (nSPS) is 14.8. The van der Waals surface area contributed by atoms with Gasteiger partial charge in [0.15, 0.2) is 0 Å². The van der Waals surface area contributed by atoms with Crippen LogP contribution in [0.2, 0.25) is 0 Å². The van der Waals surface area contributed by atoms with Gasteiger partial charge in [-0.3, -0.25) is 4.79 Å². The van der Waals surface area contributed by atoms with E-state index in [-0.39, 0.29) is 17.3 Å². The third-order valence-corrected chi connectivity index (χ3v) is 4.77. The average molecular weight is 345 g/mol. The van der Waals surface area contributed by atoms with Crippen LogP contribution in [0.3, 0.4) is 0 Å². The molecule has 3 rings (SSSR count). The number of carbonyl (C=O) groups excluding carboxylic acids is 1. The Labute approximate surface area is 139 Å². The molecule has 2 aromatic rings. The Hall–Kier alpha value is -2.87. The summed E-state index contributed by atoms with van der Waals surface area (Å²) >= 11 is 0. The SMILES string of the molecule is COc1cccc(CNC(=O)C2=NS(=O)(=O)c3ccccc3N2)c1. The van der Waals surface area contributed by atoms with Crippen molar-refractivity contribution in [2.75, 3.05) is 12.4 Å². The summed E-state index contributed by atoms with van der Waals surface area (Å²) in [5.74, 6) is -0.182. The predicted molar refractivity (Wildman–Crippen MR) is 89.5 cm³/mol. The van der Waals surface area contributed by atoms with E-state index in [9.17, 15) is 13.2 Å². The molecule has 8 heteroatoms. The van der Waals surface area contributed by atoms with Crippen molar-refractivity contribution >= 4 is 27.5 Å². The van der Waals surface area contributed by atoms with Gasteiger partial charge in [-0.15, -0.1) is 4.40 Å². The molecule has 124 valence electrons. The van der Waals surface area contributed by atoms with Crippen molar-refractivity contribution in [3.05, 3.63) is 54.1 Å². The Morgan fingerprint density at radius 1 is 1.21 bits per heavy atom. The second-order valence-electron chi connectivity index (χ2n) is 5.07. The largest absolute Gasteiger partial charge is 0.497 e. The first-order valence-electron chi connectivity index (χ1n) is 7.12. The van der Waals surface area contributed by atoms with Gasteiger partial charge in [0.05, 0.1) is 12.8 Å². The fraction of sp³-hybridized carbons (Fsp3) is 0.125. The zero-order valence-electron chi connectivity index (χ0n) is 12.8. The lowest BCUT2D eigenvalue weighted by Crippen LogP contribution is -2.37. The van der Waals surface area contributed by atoms with Gasteiger partial charge in [0, 0.05) is 6.54 Å². The first kappa shape index (κ1) is 16.0. The number of anilines is 1. The fourth-order valence-corrected chi connectivity index (χ4v) is 3.38. The van der Waals surface area contributed by atoms with E-state index in [1.807, 2.05) is 6.07 Å². The highest BCUT2D eigenvalue weighted by molar-refractivity contribution is 7.90. The number of hydrogen-bond donors (Lipinski definition) is 2. The number of methoxy groups -OCH3 is 1. The van der Waals surface area contributed by atoms with Gasteiger partial charge in [0.25, 0.3) is 15.9 Å². The number of benzene rings is 2. The van der Waals surface area contributed by atoms with E-state index in [1.165, 1.54) is 6.07 Å². The molecule has 1 heterocycles. The number of hydrogen-bond acceptors (Lipinski definition) is 5. The summed E-state index contributed by atoms with van der Waals surface area (Å²) in [6, 6.07) is 13.5.